The maximum Gasteiger partial charge on any atom is 0.0610 e. The van der Waals surface area contributed by atoms with Crippen molar-refractivity contribution in [1.82, 2.24) is 4.57 Å². The fraction of sp³-hybridized carbons (Fsp3) is 0.0811. The van der Waals surface area contributed by atoms with E-state index in [4.69, 9.17) is 0 Å². The highest BCUT2D eigenvalue weighted by atomic mass is 32.1. The van der Waals surface area contributed by atoms with Crippen molar-refractivity contribution in [2.75, 3.05) is 4.90 Å². The summed E-state index contributed by atoms with van der Waals surface area (Å²) in [6, 6.07) is 46.2. The minimum absolute atomic E-state index is 0.00454. The van der Waals surface area contributed by atoms with Gasteiger partial charge in [0.05, 0.1) is 16.7 Å². The third-order valence-electron chi connectivity index (χ3n) is 8.40. The van der Waals surface area contributed by atoms with Crippen LogP contribution >= 0.6 is 11.3 Å². The van der Waals surface area contributed by atoms with Crippen LogP contribution in [0, 0.1) is 0 Å². The Hall–Kier alpha value is -4.60. The molecule has 40 heavy (non-hydrogen) atoms. The van der Waals surface area contributed by atoms with E-state index in [0.717, 1.165) is 17.1 Å². The fourth-order valence-electron chi connectivity index (χ4n) is 6.48. The number of nitrogens with zero attached hydrogens (tertiary/aromatic N) is 2. The summed E-state index contributed by atoms with van der Waals surface area (Å²) in [7, 11) is 0. The van der Waals surface area contributed by atoms with E-state index in [-0.39, 0.29) is 5.41 Å². The first-order valence-corrected chi connectivity index (χ1v) is 14.7. The van der Waals surface area contributed by atoms with Crippen LogP contribution in [0.3, 0.4) is 0 Å². The summed E-state index contributed by atoms with van der Waals surface area (Å²) in [5, 5.41) is 4.87. The molecule has 0 amide bonds. The Morgan fingerprint density at radius 2 is 1.25 bits per heavy atom. The second-order valence-corrected chi connectivity index (χ2v) is 12.0. The van der Waals surface area contributed by atoms with Crippen LogP contribution < -0.4 is 4.90 Å². The van der Waals surface area contributed by atoms with Gasteiger partial charge in [0.1, 0.15) is 0 Å². The zero-order chi connectivity index (χ0) is 26.8. The van der Waals surface area contributed by atoms with Crippen LogP contribution in [-0.4, -0.2) is 4.57 Å². The second-order valence-electron chi connectivity index (χ2n) is 11.1. The molecule has 8 rings (SSSR count). The van der Waals surface area contributed by atoms with Crippen LogP contribution in [0.4, 0.5) is 17.1 Å². The predicted molar refractivity (Wildman–Crippen MR) is 171 cm³/mol. The molecule has 2 nitrogen and oxygen atoms in total. The minimum atomic E-state index is -0.00454. The molecule has 0 unspecified atom stereocenters. The number of anilines is 3. The van der Waals surface area contributed by atoms with Gasteiger partial charge in [0.25, 0.3) is 0 Å². The number of hydrogen-bond acceptors (Lipinski definition) is 2. The monoisotopic (exact) mass is 532 g/mol. The molecule has 7 aromatic rings. The molecule has 5 aromatic carbocycles. The minimum Gasteiger partial charge on any atom is -0.311 e. The fourth-order valence-corrected chi connectivity index (χ4v) is 7.49. The van der Waals surface area contributed by atoms with Gasteiger partial charge in [-0.3, -0.25) is 0 Å². The maximum absolute atomic E-state index is 2.49. The largest absolute Gasteiger partial charge is 0.311 e. The third kappa shape index (κ3) is 3.34. The Labute approximate surface area is 238 Å². The quantitative estimate of drug-likeness (QED) is 0.219. The maximum atomic E-state index is 2.49. The molecule has 3 heterocycles. The zero-order valence-corrected chi connectivity index (χ0v) is 23.3. The Bertz CT molecular complexity index is 1970. The molecule has 0 aliphatic carbocycles. The van der Waals surface area contributed by atoms with Crippen LogP contribution in [0.1, 0.15) is 24.3 Å². The molecule has 0 N–H and O–H groups in total. The SMILES string of the molecule is CC1(C)c2sccc2-n2c3ccc(-c4ccc(N(c5ccccc5)c5ccccc5)cc4)cc3c3cccc1c32. The number of aromatic nitrogens is 1. The molecule has 0 bridgehead atoms. The van der Waals surface area contributed by atoms with Crippen LogP contribution in [0.2, 0.25) is 0 Å². The Kier molecular flexibility index (Phi) is 5.07. The van der Waals surface area contributed by atoms with Gasteiger partial charge in [-0.05, 0) is 76.7 Å². The Morgan fingerprint density at radius 3 is 1.95 bits per heavy atom. The Morgan fingerprint density at radius 1 is 0.600 bits per heavy atom. The molecular formula is C37H28N2S. The van der Waals surface area contributed by atoms with E-state index in [9.17, 15) is 0 Å². The van der Waals surface area contributed by atoms with Crippen molar-refractivity contribution >= 4 is 50.2 Å². The van der Waals surface area contributed by atoms with Crippen LogP contribution in [0.15, 0.2) is 133 Å². The smallest absolute Gasteiger partial charge is 0.0610 e. The number of hydrogen-bond donors (Lipinski definition) is 0. The third-order valence-corrected chi connectivity index (χ3v) is 9.63. The average molecular weight is 533 g/mol. The standard InChI is InChI=1S/C37H28N2S/c1-37(2)32-15-9-14-30-31-24-26(18-21-33(31)39(35(30)32)34-22-23-40-36(34)37)25-16-19-29(20-17-25)38(27-10-5-3-6-11-27)28-12-7-4-8-13-28/h3-24H,1-2H3. The van der Waals surface area contributed by atoms with Crippen molar-refractivity contribution in [2.45, 2.75) is 19.3 Å². The first kappa shape index (κ1) is 23.3. The molecule has 2 aromatic heterocycles. The molecule has 0 spiro atoms. The molecule has 3 heteroatoms. The zero-order valence-electron chi connectivity index (χ0n) is 22.5. The summed E-state index contributed by atoms with van der Waals surface area (Å²) in [5.74, 6) is 0. The molecule has 1 aliphatic rings. The normalized spacial score (nSPS) is 13.4. The summed E-state index contributed by atoms with van der Waals surface area (Å²) in [5.41, 5.74) is 11.2. The number of para-hydroxylation sites is 3. The van der Waals surface area contributed by atoms with Crippen molar-refractivity contribution in [3.63, 3.8) is 0 Å². The van der Waals surface area contributed by atoms with Crippen molar-refractivity contribution in [3.8, 4) is 16.8 Å². The van der Waals surface area contributed by atoms with Gasteiger partial charge >= 0.3 is 0 Å². The summed E-state index contributed by atoms with van der Waals surface area (Å²) in [6.45, 7) is 4.72. The number of thiophene rings is 1. The summed E-state index contributed by atoms with van der Waals surface area (Å²) >= 11 is 1.87. The lowest BCUT2D eigenvalue weighted by molar-refractivity contribution is 0.646. The van der Waals surface area contributed by atoms with Crippen molar-refractivity contribution in [2.24, 2.45) is 0 Å². The van der Waals surface area contributed by atoms with Crippen LogP contribution in [-0.2, 0) is 5.41 Å². The van der Waals surface area contributed by atoms with E-state index >= 15 is 0 Å². The Balaban J connectivity index is 1.26. The van der Waals surface area contributed by atoms with Gasteiger partial charge in [-0.15, -0.1) is 11.3 Å². The van der Waals surface area contributed by atoms with Crippen molar-refractivity contribution in [3.05, 3.63) is 143 Å². The molecular weight excluding hydrogens is 504 g/mol. The molecule has 1 aliphatic heterocycles. The summed E-state index contributed by atoms with van der Waals surface area (Å²) in [6.07, 6.45) is 0. The lowest BCUT2D eigenvalue weighted by Gasteiger charge is -2.32. The predicted octanol–water partition coefficient (Wildman–Crippen LogP) is 10.6. The van der Waals surface area contributed by atoms with Gasteiger partial charge in [-0.1, -0.05) is 86.6 Å². The molecule has 0 saturated carbocycles. The first-order valence-electron chi connectivity index (χ1n) is 13.8. The lowest BCUT2D eigenvalue weighted by Crippen LogP contribution is -2.24. The molecule has 0 fully saturated rings. The van der Waals surface area contributed by atoms with Gasteiger partial charge in [-0.2, -0.15) is 0 Å². The van der Waals surface area contributed by atoms with Gasteiger partial charge in [0, 0.05) is 38.1 Å². The van der Waals surface area contributed by atoms with E-state index in [1.165, 1.54) is 49.1 Å². The molecule has 0 saturated heterocycles. The topological polar surface area (TPSA) is 8.17 Å². The summed E-state index contributed by atoms with van der Waals surface area (Å²) in [4.78, 5) is 3.74. The van der Waals surface area contributed by atoms with E-state index < -0.39 is 0 Å². The highest BCUT2D eigenvalue weighted by Crippen LogP contribution is 2.49. The highest BCUT2D eigenvalue weighted by molar-refractivity contribution is 7.10. The van der Waals surface area contributed by atoms with Gasteiger partial charge < -0.3 is 9.47 Å². The van der Waals surface area contributed by atoms with E-state index in [1.54, 1.807) is 0 Å². The second kappa shape index (κ2) is 8.70. The summed E-state index contributed by atoms with van der Waals surface area (Å²) < 4.78 is 2.49. The van der Waals surface area contributed by atoms with E-state index in [0.29, 0.717) is 0 Å². The van der Waals surface area contributed by atoms with Crippen LogP contribution in [0.5, 0.6) is 0 Å². The van der Waals surface area contributed by atoms with Crippen molar-refractivity contribution < 1.29 is 0 Å². The van der Waals surface area contributed by atoms with E-state index in [1.807, 2.05) is 11.3 Å². The highest BCUT2D eigenvalue weighted by Gasteiger charge is 2.36. The number of rotatable bonds is 4. The lowest BCUT2D eigenvalue weighted by atomic mass is 9.79. The number of benzene rings is 5. The van der Waals surface area contributed by atoms with Gasteiger partial charge in [0.15, 0.2) is 0 Å². The first-order chi connectivity index (χ1) is 19.6. The van der Waals surface area contributed by atoms with E-state index in [2.05, 4.69) is 156 Å². The molecule has 0 radical (unpaired) electrons. The van der Waals surface area contributed by atoms with Gasteiger partial charge in [-0.25, -0.2) is 0 Å². The molecule has 0 atom stereocenters. The van der Waals surface area contributed by atoms with Crippen LogP contribution in [0.25, 0.3) is 38.6 Å². The average Bonchev–Trinajstić information content (AvgIpc) is 3.62. The number of fused-ring (bicyclic) bond motifs is 5. The van der Waals surface area contributed by atoms with Gasteiger partial charge in [0.2, 0.25) is 0 Å². The molecule has 192 valence electrons. The van der Waals surface area contributed by atoms with Crippen molar-refractivity contribution in [1.29, 1.82) is 0 Å².